The second kappa shape index (κ2) is 5.31. The Morgan fingerprint density at radius 2 is 1.40 bits per heavy atom. The number of carbonyl (C=O) groups is 1. The van der Waals surface area contributed by atoms with Crippen LogP contribution in [0.1, 0.15) is 58.2 Å². The Balaban J connectivity index is 3.54. The van der Waals surface area contributed by atoms with Gasteiger partial charge in [-0.1, -0.05) is 41.5 Å². The lowest BCUT2D eigenvalue weighted by Gasteiger charge is -2.27. The summed E-state index contributed by atoms with van der Waals surface area (Å²) in [6, 6.07) is 3.70. The smallest absolute Gasteiger partial charge is 0.328 e. The zero-order valence-electron chi connectivity index (χ0n) is 13.1. The van der Waals surface area contributed by atoms with Gasteiger partial charge in [0.05, 0.1) is 0 Å². The predicted octanol–water partition coefficient (Wildman–Crippen LogP) is 4.09. The minimum absolute atomic E-state index is 0.211. The van der Waals surface area contributed by atoms with Crippen LogP contribution in [0.2, 0.25) is 0 Å². The van der Waals surface area contributed by atoms with Crippen LogP contribution in [-0.4, -0.2) is 16.2 Å². The van der Waals surface area contributed by atoms with Crippen LogP contribution in [0.25, 0.3) is 6.08 Å². The summed E-state index contributed by atoms with van der Waals surface area (Å²) in [6.45, 7) is 12.2. The van der Waals surface area contributed by atoms with E-state index in [4.69, 9.17) is 5.11 Å². The zero-order valence-corrected chi connectivity index (χ0v) is 13.1. The molecule has 0 atom stereocenters. The third-order valence-electron chi connectivity index (χ3n) is 3.17. The second-order valence-electron chi connectivity index (χ2n) is 7.14. The molecule has 0 fully saturated rings. The summed E-state index contributed by atoms with van der Waals surface area (Å²) in [7, 11) is 0. The highest BCUT2D eigenvalue weighted by atomic mass is 16.4. The van der Waals surface area contributed by atoms with Crippen molar-refractivity contribution in [1.82, 2.24) is 0 Å². The summed E-state index contributed by atoms with van der Waals surface area (Å²) in [5.74, 6) is -0.676. The van der Waals surface area contributed by atoms with E-state index in [0.29, 0.717) is 5.75 Å². The van der Waals surface area contributed by atoms with E-state index >= 15 is 0 Å². The molecule has 0 aliphatic carbocycles. The number of benzene rings is 1. The molecule has 0 saturated heterocycles. The van der Waals surface area contributed by atoms with Crippen molar-refractivity contribution in [2.45, 2.75) is 52.4 Å². The van der Waals surface area contributed by atoms with Gasteiger partial charge in [-0.2, -0.15) is 0 Å². The van der Waals surface area contributed by atoms with E-state index in [1.54, 1.807) is 6.08 Å². The number of aliphatic carboxylic acids is 1. The van der Waals surface area contributed by atoms with Gasteiger partial charge < -0.3 is 10.2 Å². The zero-order chi connectivity index (χ0) is 15.7. The molecule has 0 aliphatic heterocycles. The van der Waals surface area contributed by atoms with Crippen molar-refractivity contribution >= 4 is 12.0 Å². The number of carboxylic acids is 1. The summed E-state index contributed by atoms with van der Waals surface area (Å²) < 4.78 is 0. The highest BCUT2D eigenvalue weighted by Gasteiger charge is 2.26. The molecule has 0 amide bonds. The molecular formula is C17H24O3. The van der Waals surface area contributed by atoms with Crippen LogP contribution in [0.4, 0.5) is 0 Å². The topological polar surface area (TPSA) is 57.5 Å². The van der Waals surface area contributed by atoms with Gasteiger partial charge in [-0.3, -0.25) is 0 Å². The average Bonchev–Trinajstić information content (AvgIpc) is 2.24. The van der Waals surface area contributed by atoms with Crippen LogP contribution in [0.5, 0.6) is 5.75 Å². The van der Waals surface area contributed by atoms with Crippen molar-refractivity contribution in [3.63, 3.8) is 0 Å². The SMILES string of the molecule is CC(C)(C)c1cc(/C=C\C(=O)O)cc(C(C)(C)C)c1O. The van der Waals surface area contributed by atoms with Crippen molar-refractivity contribution < 1.29 is 15.0 Å². The van der Waals surface area contributed by atoms with E-state index < -0.39 is 5.97 Å². The lowest BCUT2D eigenvalue weighted by atomic mass is 9.78. The summed E-state index contributed by atoms with van der Waals surface area (Å²) in [5, 5.41) is 19.3. The average molecular weight is 276 g/mol. The Morgan fingerprint density at radius 1 is 1.00 bits per heavy atom. The van der Waals surface area contributed by atoms with E-state index in [1.807, 2.05) is 53.7 Å². The molecular weight excluding hydrogens is 252 g/mol. The van der Waals surface area contributed by atoms with Crippen molar-refractivity contribution in [3.05, 3.63) is 34.9 Å². The van der Waals surface area contributed by atoms with Gasteiger partial charge in [0.1, 0.15) is 5.75 Å². The molecule has 0 spiro atoms. The van der Waals surface area contributed by atoms with Gasteiger partial charge in [0.2, 0.25) is 0 Å². The molecule has 0 aliphatic rings. The van der Waals surface area contributed by atoms with E-state index in [9.17, 15) is 9.90 Å². The Hall–Kier alpha value is -1.77. The fraction of sp³-hybridized carbons (Fsp3) is 0.471. The maximum absolute atomic E-state index is 10.7. The number of rotatable bonds is 2. The third-order valence-corrected chi connectivity index (χ3v) is 3.17. The lowest BCUT2D eigenvalue weighted by Crippen LogP contribution is -2.17. The molecule has 1 rings (SSSR count). The molecule has 0 aromatic heterocycles. The van der Waals surface area contributed by atoms with E-state index in [0.717, 1.165) is 22.8 Å². The second-order valence-corrected chi connectivity index (χ2v) is 7.14. The number of hydrogen-bond donors (Lipinski definition) is 2. The maximum atomic E-state index is 10.7. The molecule has 0 saturated carbocycles. The first-order valence-corrected chi connectivity index (χ1v) is 6.72. The van der Waals surface area contributed by atoms with Crippen molar-refractivity contribution in [1.29, 1.82) is 0 Å². The van der Waals surface area contributed by atoms with Gasteiger partial charge in [-0.15, -0.1) is 0 Å². The molecule has 20 heavy (non-hydrogen) atoms. The molecule has 2 N–H and O–H groups in total. The van der Waals surface area contributed by atoms with Crippen LogP contribution >= 0.6 is 0 Å². The molecule has 1 aromatic rings. The monoisotopic (exact) mass is 276 g/mol. The highest BCUT2D eigenvalue weighted by molar-refractivity contribution is 5.85. The number of phenols is 1. The fourth-order valence-electron chi connectivity index (χ4n) is 2.06. The molecule has 0 unspecified atom stereocenters. The fourth-order valence-corrected chi connectivity index (χ4v) is 2.06. The summed E-state index contributed by atoms with van der Waals surface area (Å²) in [6.07, 6.45) is 2.68. The van der Waals surface area contributed by atoms with Crippen molar-refractivity contribution in [3.8, 4) is 5.75 Å². The van der Waals surface area contributed by atoms with Gasteiger partial charge in [0, 0.05) is 17.2 Å². The van der Waals surface area contributed by atoms with Gasteiger partial charge in [0.25, 0.3) is 0 Å². The van der Waals surface area contributed by atoms with Crippen LogP contribution in [-0.2, 0) is 15.6 Å². The molecule has 3 heteroatoms. The first-order chi connectivity index (χ1) is 8.93. The first-order valence-electron chi connectivity index (χ1n) is 6.72. The molecule has 110 valence electrons. The number of carboxylic acid groups (broad SMARTS) is 1. The summed E-state index contributed by atoms with van der Waals surface area (Å²) in [4.78, 5) is 10.7. The molecule has 1 aromatic carbocycles. The van der Waals surface area contributed by atoms with E-state index in [2.05, 4.69) is 0 Å². The lowest BCUT2D eigenvalue weighted by molar-refractivity contribution is -0.131. The predicted molar refractivity (Wildman–Crippen MR) is 82.2 cm³/mol. The molecule has 0 bridgehead atoms. The molecule has 0 radical (unpaired) electrons. The largest absolute Gasteiger partial charge is 0.507 e. The third kappa shape index (κ3) is 3.86. The molecule has 3 nitrogen and oxygen atoms in total. The normalized spacial score (nSPS) is 12.9. The van der Waals surface area contributed by atoms with Gasteiger partial charge in [-0.25, -0.2) is 4.79 Å². The number of phenolic OH excluding ortho intramolecular Hbond substituents is 1. The van der Waals surface area contributed by atoms with E-state index in [-0.39, 0.29) is 10.8 Å². The van der Waals surface area contributed by atoms with Gasteiger partial charge in [0.15, 0.2) is 0 Å². The maximum Gasteiger partial charge on any atom is 0.328 e. The van der Waals surface area contributed by atoms with Crippen LogP contribution in [0, 0.1) is 0 Å². The van der Waals surface area contributed by atoms with Crippen LogP contribution in [0.3, 0.4) is 0 Å². The Morgan fingerprint density at radius 3 is 1.70 bits per heavy atom. The Labute approximate surface area is 121 Å². The van der Waals surface area contributed by atoms with Crippen molar-refractivity contribution in [2.24, 2.45) is 0 Å². The Kier molecular flexibility index (Phi) is 4.33. The number of aromatic hydroxyl groups is 1. The van der Waals surface area contributed by atoms with Crippen molar-refractivity contribution in [2.75, 3.05) is 0 Å². The van der Waals surface area contributed by atoms with Crippen LogP contribution < -0.4 is 0 Å². The Bertz CT molecular complexity index is 505. The minimum atomic E-state index is -0.979. The van der Waals surface area contributed by atoms with E-state index in [1.165, 1.54) is 0 Å². The summed E-state index contributed by atoms with van der Waals surface area (Å²) >= 11 is 0. The molecule has 0 heterocycles. The quantitative estimate of drug-likeness (QED) is 0.800. The van der Waals surface area contributed by atoms with Crippen LogP contribution in [0.15, 0.2) is 18.2 Å². The number of hydrogen-bond acceptors (Lipinski definition) is 2. The first kappa shape index (κ1) is 16.3. The van der Waals surface area contributed by atoms with Gasteiger partial charge in [-0.05, 0) is 34.6 Å². The highest BCUT2D eigenvalue weighted by Crippen LogP contribution is 2.39. The summed E-state index contributed by atoms with van der Waals surface area (Å²) in [5.41, 5.74) is 2.03. The standard InChI is InChI=1S/C17H24O3/c1-16(2,3)12-9-11(7-8-14(18)19)10-13(15(12)20)17(4,5)6/h7-10,20H,1-6H3,(H,18,19)/b8-7-. The minimum Gasteiger partial charge on any atom is -0.507 e. The van der Waals surface area contributed by atoms with Gasteiger partial charge >= 0.3 is 5.97 Å².